The second-order valence-electron chi connectivity index (χ2n) is 7.12. The highest BCUT2D eigenvalue weighted by Gasteiger charge is 2.27. The molecule has 1 aliphatic carbocycles. The molecular weight excluding hydrogens is 389 g/mol. The van der Waals surface area contributed by atoms with Crippen molar-refractivity contribution in [1.82, 2.24) is 10.3 Å². The van der Waals surface area contributed by atoms with Crippen LogP contribution in [0.3, 0.4) is 0 Å². The number of halogens is 1. The van der Waals surface area contributed by atoms with Crippen LogP contribution in [-0.2, 0) is 0 Å². The molecule has 0 aliphatic heterocycles. The second kappa shape index (κ2) is 8.13. The normalized spacial score (nSPS) is 14.3. The van der Waals surface area contributed by atoms with Gasteiger partial charge in [-0.15, -0.1) is 11.3 Å². The van der Waals surface area contributed by atoms with Gasteiger partial charge in [-0.25, -0.2) is 9.37 Å². The van der Waals surface area contributed by atoms with Gasteiger partial charge in [0.1, 0.15) is 10.7 Å². The molecule has 29 heavy (non-hydrogen) atoms. The summed E-state index contributed by atoms with van der Waals surface area (Å²) >= 11 is 1.46. The molecule has 1 saturated carbocycles. The number of amides is 2. The van der Waals surface area contributed by atoms with Crippen molar-refractivity contribution < 1.29 is 14.0 Å². The highest BCUT2D eigenvalue weighted by Crippen LogP contribution is 2.41. The van der Waals surface area contributed by atoms with Crippen LogP contribution >= 0.6 is 11.3 Å². The Balaban J connectivity index is 1.35. The number of benzene rings is 2. The molecule has 5 nitrogen and oxygen atoms in total. The van der Waals surface area contributed by atoms with E-state index in [1.807, 2.05) is 19.1 Å². The van der Waals surface area contributed by atoms with Crippen molar-refractivity contribution in [3.05, 3.63) is 81.6 Å². The number of thiazole rings is 1. The van der Waals surface area contributed by atoms with E-state index >= 15 is 0 Å². The summed E-state index contributed by atoms with van der Waals surface area (Å²) in [5, 5.41) is 6.80. The first-order chi connectivity index (χ1) is 14.0. The molecule has 2 amide bonds. The van der Waals surface area contributed by atoms with E-state index in [9.17, 15) is 14.0 Å². The van der Waals surface area contributed by atoms with Gasteiger partial charge >= 0.3 is 0 Å². The van der Waals surface area contributed by atoms with E-state index in [4.69, 9.17) is 0 Å². The topological polar surface area (TPSA) is 71.1 Å². The molecule has 0 spiro atoms. The third kappa shape index (κ3) is 4.68. The summed E-state index contributed by atoms with van der Waals surface area (Å²) in [6.45, 7) is 1.91. The minimum absolute atomic E-state index is 0.129. The molecule has 2 N–H and O–H groups in total. The van der Waals surface area contributed by atoms with E-state index < -0.39 is 0 Å². The van der Waals surface area contributed by atoms with Crippen LogP contribution in [0.15, 0.2) is 54.7 Å². The maximum atomic E-state index is 13.0. The van der Waals surface area contributed by atoms with Crippen molar-refractivity contribution in [2.24, 2.45) is 0 Å². The molecule has 0 bridgehead atoms. The maximum absolute atomic E-state index is 13.0. The molecule has 1 unspecified atom stereocenters. The van der Waals surface area contributed by atoms with Gasteiger partial charge in [-0.05, 0) is 61.7 Å². The molecule has 2 aromatic carbocycles. The van der Waals surface area contributed by atoms with E-state index in [0.717, 1.165) is 23.4 Å². The zero-order chi connectivity index (χ0) is 20.4. The average molecular weight is 409 g/mol. The Kier molecular flexibility index (Phi) is 5.40. The van der Waals surface area contributed by atoms with E-state index in [-0.39, 0.29) is 23.7 Å². The molecule has 0 radical (unpaired) electrons. The largest absolute Gasteiger partial charge is 0.345 e. The van der Waals surface area contributed by atoms with Gasteiger partial charge in [0, 0.05) is 17.2 Å². The van der Waals surface area contributed by atoms with Crippen molar-refractivity contribution in [1.29, 1.82) is 0 Å². The minimum Gasteiger partial charge on any atom is -0.345 e. The van der Waals surface area contributed by atoms with Crippen LogP contribution in [0.2, 0.25) is 0 Å². The molecule has 1 atom stereocenters. The fourth-order valence-corrected chi connectivity index (χ4v) is 3.91. The Labute approximate surface area is 172 Å². The summed E-state index contributed by atoms with van der Waals surface area (Å²) in [6, 6.07) is 12.4. The van der Waals surface area contributed by atoms with E-state index in [2.05, 4.69) is 15.6 Å². The highest BCUT2D eigenvalue weighted by molar-refractivity contribution is 7.13. The SMILES string of the molecule is CC(NC(=O)c1cnc(C2CC2)s1)c1ccc(NC(=O)c2ccc(F)cc2)cc1. The molecule has 1 heterocycles. The summed E-state index contributed by atoms with van der Waals surface area (Å²) in [6.07, 6.45) is 3.97. The third-order valence-electron chi connectivity index (χ3n) is 4.80. The van der Waals surface area contributed by atoms with Crippen LogP contribution in [0.5, 0.6) is 0 Å². The smallest absolute Gasteiger partial charge is 0.263 e. The fraction of sp³-hybridized carbons (Fsp3) is 0.227. The molecular formula is C22H20FN3O2S. The van der Waals surface area contributed by atoms with Gasteiger partial charge in [0.2, 0.25) is 0 Å². The lowest BCUT2D eigenvalue weighted by molar-refractivity contribution is 0.0943. The van der Waals surface area contributed by atoms with Gasteiger partial charge in [-0.1, -0.05) is 12.1 Å². The zero-order valence-electron chi connectivity index (χ0n) is 15.8. The van der Waals surface area contributed by atoms with Crippen LogP contribution in [0.25, 0.3) is 0 Å². The van der Waals surface area contributed by atoms with Crippen molar-refractivity contribution in [3.8, 4) is 0 Å². The first-order valence-electron chi connectivity index (χ1n) is 9.43. The first kappa shape index (κ1) is 19.3. The van der Waals surface area contributed by atoms with Gasteiger partial charge in [-0.2, -0.15) is 0 Å². The maximum Gasteiger partial charge on any atom is 0.263 e. The quantitative estimate of drug-likeness (QED) is 0.608. The van der Waals surface area contributed by atoms with Crippen LogP contribution in [-0.4, -0.2) is 16.8 Å². The summed E-state index contributed by atoms with van der Waals surface area (Å²) in [4.78, 5) is 29.6. The molecule has 3 aromatic rings. The van der Waals surface area contributed by atoms with Gasteiger partial charge in [0.25, 0.3) is 11.8 Å². The Morgan fingerprint density at radius 1 is 1.07 bits per heavy atom. The predicted octanol–water partition coefficient (Wildman–Crippen LogP) is 4.90. The summed E-state index contributed by atoms with van der Waals surface area (Å²) in [7, 11) is 0. The lowest BCUT2D eigenvalue weighted by atomic mass is 10.1. The lowest BCUT2D eigenvalue weighted by Gasteiger charge is -2.14. The van der Waals surface area contributed by atoms with Crippen molar-refractivity contribution >= 4 is 28.8 Å². The summed E-state index contributed by atoms with van der Waals surface area (Å²) in [5.74, 6) is -0.285. The zero-order valence-corrected chi connectivity index (χ0v) is 16.6. The van der Waals surface area contributed by atoms with E-state index in [0.29, 0.717) is 22.0 Å². The van der Waals surface area contributed by atoms with Crippen LogP contribution in [0.1, 0.15) is 62.3 Å². The average Bonchev–Trinajstić information content (AvgIpc) is 3.45. The monoisotopic (exact) mass is 409 g/mol. The third-order valence-corrected chi connectivity index (χ3v) is 5.96. The lowest BCUT2D eigenvalue weighted by Crippen LogP contribution is -2.25. The highest BCUT2D eigenvalue weighted by atomic mass is 32.1. The number of rotatable bonds is 6. The Hall–Kier alpha value is -3.06. The predicted molar refractivity (Wildman–Crippen MR) is 111 cm³/mol. The number of nitrogens with zero attached hydrogens (tertiary/aromatic N) is 1. The van der Waals surface area contributed by atoms with Crippen LogP contribution in [0.4, 0.5) is 10.1 Å². The number of aromatic nitrogens is 1. The standard InChI is InChI=1S/C22H20FN3O2S/c1-13(25-21(28)19-12-24-22(29-19)16-2-3-16)14-6-10-18(11-7-14)26-20(27)15-4-8-17(23)9-5-15/h4-13,16H,2-3H2,1H3,(H,25,28)(H,26,27). The molecule has 4 rings (SSSR count). The van der Waals surface area contributed by atoms with Crippen molar-refractivity contribution in [2.45, 2.75) is 31.7 Å². The molecule has 148 valence electrons. The van der Waals surface area contributed by atoms with Crippen LogP contribution < -0.4 is 10.6 Å². The van der Waals surface area contributed by atoms with Crippen molar-refractivity contribution in [2.75, 3.05) is 5.32 Å². The Morgan fingerprint density at radius 3 is 2.41 bits per heavy atom. The molecule has 1 aliphatic rings. The Morgan fingerprint density at radius 2 is 1.76 bits per heavy atom. The molecule has 1 fully saturated rings. The minimum atomic E-state index is -0.385. The fourth-order valence-electron chi connectivity index (χ4n) is 2.92. The van der Waals surface area contributed by atoms with Gasteiger partial charge < -0.3 is 10.6 Å². The molecule has 7 heteroatoms. The van der Waals surface area contributed by atoms with E-state index in [1.54, 1.807) is 18.3 Å². The number of hydrogen-bond donors (Lipinski definition) is 2. The molecule has 0 saturated heterocycles. The van der Waals surface area contributed by atoms with Crippen molar-refractivity contribution in [3.63, 3.8) is 0 Å². The summed E-state index contributed by atoms with van der Waals surface area (Å²) < 4.78 is 13.0. The van der Waals surface area contributed by atoms with Gasteiger partial charge in [0.05, 0.1) is 17.2 Å². The first-order valence-corrected chi connectivity index (χ1v) is 10.2. The molecule has 1 aromatic heterocycles. The van der Waals surface area contributed by atoms with Crippen LogP contribution in [0, 0.1) is 5.82 Å². The van der Waals surface area contributed by atoms with Gasteiger partial charge in [-0.3, -0.25) is 9.59 Å². The van der Waals surface area contributed by atoms with E-state index in [1.165, 1.54) is 35.6 Å². The number of carbonyl (C=O) groups is 2. The number of nitrogens with one attached hydrogen (secondary N) is 2. The number of anilines is 1. The second-order valence-corrected chi connectivity index (χ2v) is 8.18. The number of hydrogen-bond acceptors (Lipinski definition) is 4. The van der Waals surface area contributed by atoms with Gasteiger partial charge in [0.15, 0.2) is 0 Å². The number of carbonyl (C=O) groups excluding carboxylic acids is 2. The Bertz CT molecular complexity index is 1030. The summed E-state index contributed by atoms with van der Waals surface area (Å²) in [5.41, 5.74) is 1.93.